The van der Waals surface area contributed by atoms with Crippen molar-refractivity contribution in [2.24, 2.45) is 0 Å². The number of nitrogens with zero attached hydrogens (tertiary/aromatic N) is 1. The van der Waals surface area contributed by atoms with Crippen LogP contribution in [-0.4, -0.2) is 35.5 Å². The molecule has 0 amide bonds. The zero-order chi connectivity index (χ0) is 16.0. The molecule has 1 N–H and O–H groups in total. The van der Waals surface area contributed by atoms with Gasteiger partial charge in [0.1, 0.15) is 0 Å². The van der Waals surface area contributed by atoms with E-state index in [0.29, 0.717) is 11.3 Å². The highest BCUT2D eigenvalue weighted by Crippen LogP contribution is 2.56. The highest BCUT2D eigenvalue weighted by Gasteiger charge is 2.70. The fraction of sp³-hybridized carbons (Fsp3) is 0.529. The fourth-order valence-corrected chi connectivity index (χ4v) is 5.93. The highest BCUT2D eigenvalue weighted by molar-refractivity contribution is 7.89. The zero-order valence-electron chi connectivity index (χ0n) is 12.9. The number of aliphatic hydroxyl groups excluding tert-OH is 1. The molecule has 4 nitrogen and oxygen atoms in total. The van der Waals surface area contributed by atoms with E-state index in [4.69, 9.17) is 0 Å². The van der Waals surface area contributed by atoms with E-state index in [2.05, 4.69) is 6.58 Å². The van der Waals surface area contributed by atoms with Gasteiger partial charge in [-0.3, -0.25) is 0 Å². The Bertz CT molecular complexity index is 668. The monoisotopic (exact) mass is 321 g/mol. The van der Waals surface area contributed by atoms with Gasteiger partial charge in [-0.1, -0.05) is 23.8 Å². The molecular formula is C17H23NO3S. The van der Waals surface area contributed by atoms with Gasteiger partial charge in [0, 0.05) is 0 Å². The standard InChI is InChI=1S/C17H23NO3S/c1-3-4-11-17-12-5-6-15(19)16(17)18(17)22(20,21)14-9-7-13(2)8-10-14/h3,7-10,15-16,19H,1,4-6,11-12H2,2H3/t15-,16+,17-,18?/m1/s1. The highest BCUT2D eigenvalue weighted by atomic mass is 32.2. The maximum atomic E-state index is 13.0. The van der Waals surface area contributed by atoms with Gasteiger partial charge in [0.05, 0.1) is 22.6 Å². The maximum absolute atomic E-state index is 13.0. The number of hydrogen-bond acceptors (Lipinski definition) is 3. The van der Waals surface area contributed by atoms with Crippen LogP contribution in [0, 0.1) is 6.92 Å². The minimum absolute atomic E-state index is 0.271. The molecule has 4 atom stereocenters. The summed E-state index contributed by atoms with van der Waals surface area (Å²) in [6.07, 6.45) is 5.15. The van der Waals surface area contributed by atoms with Crippen molar-refractivity contribution in [1.29, 1.82) is 0 Å². The van der Waals surface area contributed by atoms with E-state index in [0.717, 1.165) is 31.2 Å². The molecule has 1 saturated carbocycles. The van der Waals surface area contributed by atoms with Crippen molar-refractivity contribution in [3.8, 4) is 0 Å². The topological polar surface area (TPSA) is 57.4 Å². The molecule has 2 aliphatic rings. The van der Waals surface area contributed by atoms with Gasteiger partial charge < -0.3 is 5.11 Å². The molecule has 120 valence electrons. The second-order valence-electron chi connectivity index (χ2n) is 6.45. The Hall–Kier alpha value is -1.17. The number of aryl methyl sites for hydroxylation is 1. The molecule has 1 aromatic carbocycles. The number of allylic oxidation sites excluding steroid dienone is 1. The smallest absolute Gasteiger partial charge is 0.244 e. The van der Waals surface area contributed by atoms with Crippen molar-refractivity contribution in [2.75, 3.05) is 0 Å². The van der Waals surface area contributed by atoms with Crippen molar-refractivity contribution in [3.63, 3.8) is 0 Å². The van der Waals surface area contributed by atoms with Gasteiger partial charge in [0.25, 0.3) is 0 Å². The van der Waals surface area contributed by atoms with Crippen molar-refractivity contribution in [1.82, 2.24) is 4.31 Å². The van der Waals surface area contributed by atoms with Crippen molar-refractivity contribution < 1.29 is 13.5 Å². The van der Waals surface area contributed by atoms with Gasteiger partial charge in [0.2, 0.25) is 10.0 Å². The van der Waals surface area contributed by atoms with E-state index < -0.39 is 21.7 Å². The predicted octanol–water partition coefficient (Wildman–Crippen LogP) is 2.62. The number of sulfonamides is 1. The Morgan fingerprint density at radius 1 is 1.41 bits per heavy atom. The van der Waals surface area contributed by atoms with E-state index in [1.807, 2.05) is 25.1 Å². The Kier molecular flexibility index (Phi) is 3.91. The van der Waals surface area contributed by atoms with Gasteiger partial charge in [-0.05, 0) is 51.2 Å². The summed E-state index contributed by atoms with van der Waals surface area (Å²) >= 11 is 0. The summed E-state index contributed by atoms with van der Waals surface area (Å²) in [4.78, 5) is 0.317. The second-order valence-corrected chi connectivity index (χ2v) is 8.26. The zero-order valence-corrected chi connectivity index (χ0v) is 13.7. The summed E-state index contributed by atoms with van der Waals surface area (Å²) in [5, 5.41) is 10.3. The van der Waals surface area contributed by atoms with Crippen LogP contribution < -0.4 is 0 Å². The van der Waals surface area contributed by atoms with Crippen LogP contribution in [0.1, 0.15) is 37.7 Å². The van der Waals surface area contributed by atoms with Crippen LogP contribution in [0.4, 0.5) is 0 Å². The van der Waals surface area contributed by atoms with E-state index in [-0.39, 0.29) is 6.04 Å². The number of rotatable bonds is 5. The van der Waals surface area contributed by atoms with E-state index in [1.165, 1.54) is 0 Å². The van der Waals surface area contributed by atoms with Gasteiger partial charge in [-0.25, -0.2) is 8.42 Å². The number of fused-ring (bicyclic) bond motifs is 1. The molecule has 22 heavy (non-hydrogen) atoms. The first-order valence-corrected chi connectivity index (χ1v) is 9.28. The van der Waals surface area contributed by atoms with Crippen molar-refractivity contribution in [2.45, 2.75) is 61.6 Å². The second kappa shape index (κ2) is 5.48. The maximum Gasteiger partial charge on any atom is 0.244 e. The molecule has 0 spiro atoms. The summed E-state index contributed by atoms with van der Waals surface area (Å²) in [5.74, 6) is 0. The molecule has 0 radical (unpaired) electrons. The molecular weight excluding hydrogens is 298 g/mol. The van der Waals surface area contributed by atoms with E-state index >= 15 is 0 Å². The van der Waals surface area contributed by atoms with Crippen molar-refractivity contribution >= 4 is 10.0 Å². The van der Waals surface area contributed by atoms with Gasteiger partial charge >= 0.3 is 0 Å². The first-order valence-electron chi connectivity index (χ1n) is 7.84. The Morgan fingerprint density at radius 3 is 2.73 bits per heavy atom. The van der Waals surface area contributed by atoms with Crippen LogP contribution >= 0.6 is 0 Å². The Labute approximate surface area is 132 Å². The molecule has 1 aromatic rings. The van der Waals surface area contributed by atoms with Crippen LogP contribution in [-0.2, 0) is 10.0 Å². The summed E-state index contributed by atoms with van der Waals surface area (Å²) in [7, 11) is -3.55. The van der Waals surface area contributed by atoms with Gasteiger partial charge in [0.15, 0.2) is 0 Å². The molecule has 1 aliphatic heterocycles. The number of hydrogen-bond donors (Lipinski definition) is 1. The summed E-state index contributed by atoms with van der Waals surface area (Å²) in [6, 6.07) is 6.66. The third-order valence-electron chi connectivity index (χ3n) is 5.01. The van der Waals surface area contributed by atoms with Crippen LogP contribution in [0.25, 0.3) is 0 Å². The molecule has 1 heterocycles. The number of aliphatic hydroxyl groups is 1. The normalized spacial score (nSPS) is 34.0. The first kappa shape index (κ1) is 15.7. The van der Waals surface area contributed by atoms with E-state index in [9.17, 15) is 13.5 Å². The molecule has 5 heteroatoms. The predicted molar refractivity (Wildman–Crippen MR) is 86.0 cm³/mol. The fourth-order valence-electron chi connectivity index (χ4n) is 3.86. The lowest BCUT2D eigenvalue weighted by Crippen LogP contribution is -2.29. The van der Waals surface area contributed by atoms with Crippen LogP contribution in [0.3, 0.4) is 0 Å². The first-order chi connectivity index (χ1) is 10.4. The average molecular weight is 321 g/mol. The molecule has 1 unspecified atom stereocenters. The largest absolute Gasteiger partial charge is 0.391 e. The minimum atomic E-state index is -3.55. The molecule has 3 rings (SSSR count). The lowest BCUT2D eigenvalue weighted by atomic mass is 9.84. The Balaban J connectivity index is 1.95. The lowest BCUT2D eigenvalue weighted by Gasteiger charge is -2.22. The van der Waals surface area contributed by atoms with Crippen LogP contribution in [0.5, 0.6) is 0 Å². The lowest BCUT2D eigenvalue weighted by molar-refractivity contribution is 0.132. The van der Waals surface area contributed by atoms with Crippen molar-refractivity contribution in [3.05, 3.63) is 42.5 Å². The molecule has 0 bridgehead atoms. The quantitative estimate of drug-likeness (QED) is 0.670. The van der Waals surface area contributed by atoms with Crippen LogP contribution in [0.2, 0.25) is 0 Å². The Morgan fingerprint density at radius 2 is 2.09 bits per heavy atom. The third kappa shape index (κ3) is 2.32. The minimum Gasteiger partial charge on any atom is -0.391 e. The third-order valence-corrected chi connectivity index (χ3v) is 6.98. The van der Waals surface area contributed by atoms with Crippen LogP contribution in [0.15, 0.2) is 41.8 Å². The summed E-state index contributed by atoms with van der Waals surface area (Å²) in [5.41, 5.74) is 0.624. The van der Waals surface area contributed by atoms with Gasteiger partial charge in [-0.15, -0.1) is 6.58 Å². The van der Waals surface area contributed by atoms with E-state index in [1.54, 1.807) is 16.4 Å². The summed E-state index contributed by atoms with van der Waals surface area (Å²) < 4.78 is 27.5. The summed E-state index contributed by atoms with van der Waals surface area (Å²) in [6.45, 7) is 5.67. The number of benzene rings is 1. The molecule has 2 fully saturated rings. The average Bonchev–Trinajstić information content (AvgIpc) is 3.17. The van der Waals surface area contributed by atoms with Gasteiger partial charge in [-0.2, -0.15) is 4.31 Å². The molecule has 1 aliphatic carbocycles. The SMILES string of the molecule is C=CCC[C@@]12CCC[C@@H](O)[C@@H]1N2S(=O)(=O)c1ccc(C)cc1. The molecule has 0 aromatic heterocycles. The molecule has 1 saturated heterocycles.